The van der Waals surface area contributed by atoms with Crippen molar-refractivity contribution in [2.45, 2.75) is 36.0 Å². The lowest BCUT2D eigenvalue weighted by atomic mass is 9.73. The highest BCUT2D eigenvalue weighted by Crippen LogP contribution is 2.55. The number of fused-ring (bicyclic) bond motifs is 4. The Morgan fingerprint density at radius 1 is 0.658 bits per heavy atom. The molecule has 0 saturated heterocycles. The van der Waals surface area contributed by atoms with E-state index in [2.05, 4.69) is 141 Å². The molecule has 1 atom stereocenters. The Balaban J connectivity index is 1.45. The lowest BCUT2D eigenvalue weighted by molar-refractivity contribution is 0.632. The second-order valence-corrected chi connectivity index (χ2v) is 16.1. The zero-order valence-corrected chi connectivity index (χ0v) is 24.2. The lowest BCUT2D eigenvalue weighted by Gasteiger charge is -2.42. The Morgan fingerprint density at radius 2 is 1.24 bits per heavy atom. The molecule has 7 rings (SSSR count). The molecule has 2 aliphatic heterocycles. The molecular weight excluding hydrogens is 517 g/mol. The van der Waals surface area contributed by atoms with Gasteiger partial charge in [0.1, 0.15) is 0 Å². The van der Waals surface area contributed by atoms with Crippen molar-refractivity contribution < 1.29 is 0 Å². The molecule has 2 aliphatic rings. The average molecular weight is 546 g/mol. The van der Waals surface area contributed by atoms with E-state index in [9.17, 15) is 0 Å². The minimum Gasteiger partial charge on any atom is -0.310 e. The predicted octanol–water partition coefficient (Wildman–Crippen LogP) is 8.32. The summed E-state index contributed by atoms with van der Waals surface area (Å²) in [6.07, 6.45) is 0. The van der Waals surface area contributed by atoms with Crippen LogP contribution >= 0.6 is 17.8 Å². The molecule has 0 amide bonds. The molecule has 38 heavy (non-hydrogen) atoms. The molecule has 1 unspecified atom stereocenters. The van der Waals surface area contributed by atoms with Crippen LogP contribution in [0.25, 0.3) is 0 Å². The van der Waals surface area contributed by atoms with Crippen molar-refractivity contribution in [2.75, 3.05) is 4.90 Å². The first-order chi connectivity index (χ1) is 18.4. The van der Waals surface area contributed by atoms with Crippen LogP contribution in [0.15, 0.2) is 125 Å². The van der Waals surface area contributed by atoms with Crippen LogP contribution in [0.5, 0.6) is 0 Å². The van der Waals surface area contributed by atoms with Crippen LogP contribution in [-0.2, 0) is 17.2 Å². The summed E-state index contributed by atoms with van der Waals surface area (Å²) in [6, 6.07) is 40.1. The van der Waals surface area contributed by atoms with Crippen molar-refractivity contribution in [3.05, 3.63) is 132 Å². The van der Waals surface area contributed by atoms with E-state index in [4.69, 9.17) is 11.8 Å². The van der Waals surface area contributed by atoms with Gasteiger partial charge in [0.2, 0.25) is 0 Å². The van der Waals surface area contributed by atoms with Crippen LogP contribution in [0.2, 0.25) is 0 Å². The molecule has 186 valence electrons. The molecule has 0 saturated carbocycles. The number of hydrogen-bond donors (Lipinski definition) is 0. The molecule has 0 bridgehead atoms. The molecule has 4 heteroatoms. The maximum Gasteiger partial charge on any atom is 0.0502 e. The van der Waals surface area contributed by atoms with E-state index < -0.39 is 6.04 Å². The zero-order chi connectivity index (χ0) is 26.1. The van der Waals surface area contributed by atoms with Crippen molar-refractivity contribution in [2.24, 2.45) is 0 Å². The molecule has 0 fully saturated rings. The normalized spacial score (nSPS) is 18.7. The highest BCUT2D eigenvalue weighted by atomic mass is 32.4. The number of para-hydroxylation sites is 2. The molecule has 1 nitrogen and oxygen atoms in total. The quantitative estimate of drug-likeness (QED) is 0.201. The molecular formula is C34H28NPS2. The fraction of sp³-hybridized carbons (Fsp3) is 0.118. The van der Waals surface area contributed by atoms with Gasteiger partial charge in [-0.25, -0.2) is 0 Å². The van der Waals surface area contributed by atoms with Crippen LogP contribution in [0.3, 0.4) is 0 Å². The lowest BCUT2D eigenvalue weighted by Crippen LogP contribution is -2.32. The molecule has 0 radical (unpaired) electrons. The van der Waals surface area contributed by atoms with E-state index >= 15 is 0 Å². The summed E-state index contributed by atoms with van der Waals surface area (Å²) in [7, 11) is 0. The second-order valence-electron chi connectivity index (χ2n) is 10.7. The van der Waals surface area contributed by atoms with Gasteiger partial charge in [-0.15, -0.1) is 0 Å². The summed E-state index contributed by atoms with van der Waals surface area (Å²) in [5.74, 6) is 0. The standard InChI is InChI=1S/C34H28NPS2/c1-23-16-19-25(20-17-23)36(37)30-14-8-9-15-32(30)38-33-22-24(18-21-31(33)36)35-28-12-6-4-10-26(28)34(2,3)27-11-5-7-13-29(27)35/h4-22H,1-3H3. The van der Waals surface area contributed by atoms with E-state index in [1.54, 1.807) is 0 Å². The Morgan fingerprint density at radius 3 is 1.92 bits per heavy atom. The monoisotopic (exact) mass is 545 g/mol. The van der Waals surface area contributed by atoms with Crippen LogP contribution in [0.1, 0.15) is 30.5 Å². The van der Waals surface area contributed by atoms with E-state index in [0.29, 0.717) is 0 Å². The van der Waals surface area contributed by atoms with Crippen LogP contribution < -0.4 is 20.8 Å². The fourth-order valence-electron chi connectivity index (χ4n) is 6.02. The van der Waals surface area contributed by atoms with Gasteiger partial charge in [0.05, 0.1) is 11.4 Å². The molecule has 5 aromatic carbocycles. The van der Waals surface area contributed by atoms with Gasteiger partial charge in [0.25, 0.3) is 0 Å². The molecule has 2 heterocycles. The first kappa shape index (κ1) is 24.0. The number of rotatable bonds is 2. The Kier molecular flexibility index (Phi) is 5.50. The minimum absolute atomic E-state index is 0.0711. The summed E-state index contributed by atoms with van der Waals surface area (Å²) < 4.78 is 0. The van der Waals surface area contributed by atoms with Crippen molar-refractivity contribution in [3.63, 3.8) is 0 Å². The highest BCUT2D eigenvalue weighted by Gasteiger charge is 2.38. The van der Waals surface area contributed by atoms with Crippen molar-refractivity contribution in [1.29, 1.82) is 0 Å². The first-order valence-corrected chi connectivity index (χ1v) is 16.6. The van der Waals surface area contributed by atoms with E-state index in [1.807, 2.05) is 11.8 Å². The largest absolute Gasteiger partial charge is 0.310 e. The fourth-order valence-corrected chi connectivity index (χ4v) is 12.4. The van der Waals surface area contributed by atoms with Crippen LogP contribution in [0.4, 0.5) is 17.1 Å². The number of benzene rings is 5. The van der Waals surface area contributed by atoms with Crippen LogP contribution in [-0.4, -0.2) is 0 Å². The second kappa shape index (κ2) is 8.71. The van der Waals surface area contributed by atoms with Gasteiger partial charge in [-0.05, 0) is 59.8 Å². The Bertz CT molecular complexity index is 1720. The molecule has 0 aromatic heterocycles. The van der Waals surface area contributed by atoms with Gasteiger partial charge in [-0.3, -0.25) is 0 Å². The third-order valence-corrected chi connectivity index (χ3v) is 14.4. The van der Waals surface area contributed by atoms with Crippen molar-refractivity contribution >= 4 is 62.6 Å². The first-order valence-electron chi connectivity index (χ1n) is 13.0. The van der Waals surface area contributed by atoms with Gasteiger partial charge in [0.15, 0.2) is 0 Å². The molecule has 5 aromatic rings. The van der Waals surface area contributed by atoms with Crippen molar-refractivity contribution in [1.82, 2.24) is 0 Å². The van der Waals surface area contributed by atoms with E-state index in [1.165, 1.54) is 59.5 Å². The highest BCUT2D eigenvalue weighted by molar-refractivity contribution is 8.26. The van der Waals surface area contributed by atoms with Gasteiger partial charge >= 0.3 is 0 Å². The maximum atomic E-state index is 6.71. The van der Waals surface area contributed by atoms with Gasteiger partial charge in [0, 0.05) is 37.5 Å². The number of nitrogens with zero attached hydrogens (tertiary/aromatic N) is 1. The summed E-state index contributed by atoms with van der Waals surface area (Å²) in [5, 5.41) is 3.86. The summed E-state index contributed by atoms with van der Waals surface area (Å²) >= 11 is 8.57. The van der Waals surface area contributed by atoms with Gasteiger partial charge in [-0.2, -0.15) is 0 Å². The maximum absolute atomic E-state index is 6.71. The Hall–Kier alpha value is -3.10. The SMILES string of the molecule is Cc1ccc(P2(=S)c3ccccc3Sc3cc(N4c5ccccc5C(C)(C)c5ccccc54)ccc32)cc1. The summed E-state index contributed by atoms with van der Waals surface area (Å²) in [4.78, 5) is 4.98. The molecule has 0 aliphatic carbocycles. The number of anilines is 3. The summed E-state index contributed by atoms with van der Waals surface area (Å²) in [5.41, 5.74) is 7.55. The average Bonchev–Trinajstić information content (AvgIpc) is 2.94. The Labute approximate surface area is 234 Å². The molecule has 0 spiro atoms. The third-order valence-electron chi connectivity index (χ3n) is 8.00. The topological polar surface area (TPSA) is 3.24 Å². The minimum atomic E-state index is -2.18. The van der Waals surface area contributed by atoms with Crippen molar-refractivity contribution in [3.8, 4) is 0 Å². The summed E-state index contributed by atoms with van der Waals surface area (Å²) in [6.45, 7) is 6.80. The zero-order valence-electron chi connectivity index (χ0n) is 21.7. The van der Waals surface area contributed by atoms with Gasteiger partial charge in [-0.1, -0.05) is 122 Å². The predicted molar refractivity (Wildman–Crippen MR) is 168 cm³/mol. The number of aryl methyl sites for hydroxylation is 1. The van der Waals surface area contributed by atoms with E-state index in [-0.39, 0.29) is 5.41 Å². The third kappa shape index (κ3) is 3.42. The smallest absolute Gasteiger partial charge is 0.0502 e. The number of hydrogen-bond acceptors (Lipinski definition) is 3. The van der Waals surface area contributed by atoms with Crippen LogP contribution in [0, 0.1) is 6.92 Å². The van der Waals surface area contributed by atoms with Gasteiger partial charge < -0.3 is 4.90 Å². The molecule has 0 N–H and O–H groups in total. The van der Waals surface area contributed by atoms with E-state index in [0.717, 1.165) is 0 Å².